The number of rotatable bonds is 5. The van der Waals surface area contributed by atoms with Gasteiger partial charge in [-0.2, -0.15) is 0 Å². The van der Waals surface area contributed by atoms with Crippen molar-refractivity contribution in [2.45, 2.75) is 19.6 Å². The first-order chi connectivity index (χ1) is 13.7. The Kier molecular flexibility index (Phi) is 5.44. The van der Waals surface area contributed by atoms with Gasteiger partial charge in [0, 0.05) is 42.9 Å². The van der Waals surface area contributed by atoms with Crippen molar-refractivity contribution in [2.24, 2.45) is 0 Å². The Labute approximate surface area is 164 Å². The second-order valence-corrected chi connectivity index (χ2v) is 7.09. The lowest BCUT2D eigenvalue weighted by Gasteiger charge is -2.21. The molecular weight excluding hydrogens is 352 g/mol. The standard InChI is InChI=1S/C23H24N2O3/c1-17-15-25(16-20-6-2-3-9-22(20)28-17)12-11-24-23(26)19-8-4-7-18(14-19)21-10-5-13-27-21/h2-10,13-14,17H,11-12,15-16H2,1H3,(H,24,26). The van der Waals surface area contributed by atoms with Gasteiger partial charge in [0.1, 0.15) is 17.6 Å². The molecule has 0 aliphatic carbocycles. The molecule has 1 N–H and O–H groups in total. The zero-order valence-electron chi connectivity index (χ0n) is 15.9. The quantitative estimate of drug-likeness (QED) is 0.732. The van der Waals surface area contributed by atoms with Crippen LogP contribution in [-0.2, 0) is 6.54 Å². The Morgan fingerprint density at radius 1 is 1.14 bits per heavy atom. The number of ether oxygens (including phenoxy) is 1. The largest absolute Gasteiger partial charge is 0.489 e. The molecule has 5 nitrogen and oxygen atoms in total. The summed E-state index contributed by atoms with van der Waals surface area (Å²) in [5.41, 5.74) is 2.71. The molecule has 5 heteroatoms. The molecule has 1 aliphatic rings. The van der Waals surface area contributed by atoms with Crippen molar-refractivity contribution < 1.29 is 13.9 Å². The van der Waals surface area contributed by atoms with Crippen LogP contribution in [0.5, 0.6) is 5.75 Å². The van der Waals surface area contributed by atoms with Crippen molar-refractivity contribution in [3.63, 3.8) is 0 Å². The van der Waals surface area contributed by atoms with Gasteiger partial charge in [-0.3, -0.25) is 9.69 Å². The summed E-state index contributed by atoms with van der Waals surface area (Å²) < 4.78 is 11.4. The van der Waals surface area contributed by atoms with E-state index in [0.29, 0.717) is 12.1 Å². The lowest BCUT2D eigenvalue weighted by Crippen LogP contribution is -2.37. The molecule has 2 heterocycles. The Morgan fingerprint density at radius 3 is 2.89 bits per heavy atom. The van der Waals surface area contributed by atoms with E-state index in [-0.39, 0.29) is 12.0 Å². The molecule has 1 amide bonds. The third kappa shape index (κ3) is 4.26. The molecule has 0 saturated carbocycles. The summed E-state index contributed by atoms with van der Waals surface area (Å²) in [7, 11) is 0. The lowest BCUT2D eigenvalue weighted by atomic mass is 10.1. The van der Waals surface area contributed by atoms with E-state index in [1.54, 1.807) is 6.26 Å². The monoisotopic (exact) mass is 376 g/mol. The van der Waals surface area contributed by atoms with E-state index in [1.807, 2.05) is 54.6 Å². The first-order valence-corrected chi connectivity index (χ1v) is 9.58. The van der Waals surface area contributed by atoms with E-state index in [2.05, 4.69) is 23.2 Å². The Hall–Kier alpha value is -3.05. The van der Waals surface area contributed by atoms with Gasteiger partial charge < -0.3 is 14.5 Å². The fraction of sp³-hybridized carbons (Fsp3) is 0.261. The van der Waals surface area contributed by atoms with Crippen molar-refractivity contribution >= 4 is 5.91 Å². The Balaban J connectivity index is 1.35. The molecule has 28 heavy (non-hydrogen) atoms. The minimum atomic E-state index is -0.0760. The van der Waals surface area contributed by atoms with Gasteiger partial charge >= 0.3 is 0 Å². The summed E-state index contributed by atoms with van der Waals surface area (Å²) in [6.07, 6.45) is 1.75. The predicted octanol–water partition coefficient (Wildman–Crippen LogP) is 3.96. The van der Waals surface area contributed by atoms with Crippen LogP contribution in [0, 0.1) is 0 Å². The maximum Gasteiger partial charge on any atom is 0.251 e. The Bertz CT molecular complexity index is 937. The van der Waals surface area contributed by atoms with E-state index in [9.17, 15) is 4.79 Å². The van der Waals surface area contributed by atoms with Crippen LogP contribution in [0.4, 0.5) is 0 Å². The van der Waals surface area contributed by atoms with Crippen molar-refractivity contribution in [3.05, 3.63) is 78.1 Å². The first kappa shape index (κ1) is 18.3. The van der Waals surface area contributed by atoms with Crippen LogP contribution in [0.15, 0.2) is 71.3 Å². The number of nitrogens with zero attached hydrogens (tertiary/aromatic N) is 1. The fourth-order valence-electron chi connectivity index (χ4n) is 3.53. The van der Waals surface area contributed by atoms with Gasteiger partial charge in [-0.15, -0.1) is 0 Å². The smallest absolute Gasteiger partial charge is 0.251 e. The second-order valence-electron chi connectivity index (χ2n) is 7.09. The molecular formula is C23H24N2O3. The normalized spacial score (nSPS) is 16.7. The molecule has 1 aromatic heterocycles. The van der Waals surface area contributed by atoms with Gasteiger partial charge in [-0.25, -0.2) is 0 Å². The lowest BCUT2D eigenvalue weighted by molar-refractivity contribution is 0.0944. The van der Waals surface area contributed by atoms with Gasteiger partial charge in [0.2, 0.25) is 0 Å². The van der Waals surface area contributed by atoms with E-state index in [1.165, 1.54) is 5.56 Å². The van der Waals surface area contributed by atoms with Crippen LogP contribution in [0.2, 0.25) is 0 Å². The second kappa shape index (κ2) is 8.31. The van der Waals surface area contributed by atoms with E-state index in [0.717, 1.165) is 36.7 Å². The summed E-state index contributed by atoms with van der Waals surface area (Å²) in [5, 5.41) is 3.03. The molecule has 4 rings (SSSR count). The van der Waals surface area contributed by atoms with E-state index in [4.69, 9.17) is 9.15 Å². The summed E-state index contributed by atoms with van der Waals surface area (Å²) in [6.45, 7) is 5.08. The third-order valence-corrected chi connectivity index (χ3v) is 4.85. The number of fused-ring (bicyclic) bond motifs is 1. The van der Waals surface area contributed by atoms with Crippen molar-refractivity contribution in [1.29, 1.82) is 0 Å². The topological polar surface area (TPSA) is 54.7 Å². The molecule has 1 aliphatic heterocycles. The van der Waals surface area contributed by atoms with Crippen LogP contribution in [0.25, 0.3) is 11.3 Å². The third-order valence-electron chi connectivity index (χ3n) is 4.85. The maximum atomic E-state index is 12.6. The van der Waals surface area contributed by atoms with Gasteiger partial charge in [0.25, 0.3) is 5.91 Å². The number of carbonyl (C=O) groups is 1. The number of amides is 1. The van der Waals surface area contributed by atoms with Gasteiger partial charge in [0.15, 0.2) is 0 Å². The van der Waals surface area contributed by atoms with E-state index >= 15 is 0 Å². The van der Waals surface area contributed by atoms with Crippen LogP contribution in [0.3, 0.4) is 0 Å². The molecule has 144 valence electrons. The maximum absolute atomic E-state index is 12.6. The summed E-state index contributed by atoms with van der Waals surface area (Å²) >= 11 is 0. The summed E-state index contributed by atoms with van der Waals surface area (Å²) in [6, 6.07) is 19.4. The highest BCUT2D eigenvalue weighted by atomic mass is 16.5. The van der Waals surface area contributed by atoms with Crippen LogP contribution in [-0.4, -0.2) is 36.5 Å². The highest BCUT2D eigenvalue weighted by Gasteiger charge is 2.19. The molecule has 0 bridgehead atoms. The van der Waals surface area contributed by atoms with Crippen LogP contribution in [0.1, 0.15) is 22.8 Å². The Morgan fingerprint density at radius 2 is 2.04 bits per heavy atom. The highest BCUT2D eigenvalue weighted by Crippen LogP contribution is 2.24. The van der Waals surface area contributed by atoms with Crippen LogP contribution < -0.4 is 10.1 Å². The number of hydrogen-bond donors (Lipinski definition) is 1. The zero-order valence-corrected chi connectivity index (χ0v) is 15.9. The van der Waals surface area contributed by atoms with Gasteiger partial charge in [-0.1, -0.05) is 30.3 Å². The SMILES string of the molecule is CC1CN(CCNC(=O)c2cccc(-c3ccco3)c2)Cc2ccccc2O1. The van der Waals surface area contributed by atoms with Crippen LogP contribution >= 0.6 is 0 Å². The molecule has 0 spiro atoms. The predicted molar refractivity (Wildman–Crippen MR) is 108 cm³/mol. The molecule has 0 fully saturated rings. The minimum Gasteiger partial charge on any atom is -0.489 e. The summed E-state index contributed by atoms with van der Waals surface area (Å²) in [4.78, 5) is 14.9. The average Bonchev–Trinajstić information content (AvgIpc) is 3.19. The highest BCUT2D eigenvalue weighted by molar-refractivity contribution is 5.95. The first-order valence-electron chi connectivity index (χ1n) is 9.58. The number of carbonyl (C=O) groups excluding carboxylic acids is 1. The molecule has 1 atom stereocenters. The number of hydrogen-bond acceptors (Lipinski definition) is 4. The average molecular weight is 376 g/mol. The van der Waals surface area contributed by atoms with Gasteiger partial charge in [-0.05, 0) is 37.3 Å². The van der Waals surface area contributed by atoms with Gasteiger partial charge in [0.05, 0.1) is 6.26 Å². The molecule has 0 radical (unpaired) electrons. The van der Waals surface area contributed by atoms with Crippen molar-refractivity contribution in [3.8, 4) is 17.1 Å². The number of benzene rings is 2. The fourth-order valence-corrected chi connectivity index (χ4v) is 3.53. The van der Waals surface area contributed by atoms with Crippen molar-refractivity contribution in [2.75, 3.05) is 19.6 Å². The molecule has 3 aromatic rings. The molecule has 2 aromatic carbocycles. The number of furan rings is 1. The minimum absolute atomic E-state index is 0.0760. The van der Waals surface area contributed by atoms with Crippen molar-refractivity contribution in [1.82, 2.24) is 10.2 Å². The summed E-state index contributed by atoms with van der Waals surface area (Å²) in [5.74, 6) is 1.64. The molecule has 0 saturated heterocycles. The zero-order chi connectivity index (χ0) is 19.3. The van der Waals surface area contributed by atoms with E-state index < -0.39 is 0 Å². The number of para-hydroxylation sites is 1. The molecule has 1 unspecified atom stereocenters. The number of nitrogens with one attached hydrogen (secondary N) is 1.